The number of methoxy groups -OCH3 is 2. The molecular formula is C80H78N10O17. The number of pyridine rings is 3. The number of amides is 7. The molecule has 0 saturated carbocycles. The second-order valence-electron chi connectivity index (χ2n) is 25.2. The number of nitrogens with zero attached hydrogens (tertiary/aromatic N) is 5. The molecule has 12 rings (SSSR count). The summed E-state index contributed by atoms with van der Waals surface area (Å²) in [4.78, 5) is 135. The van der Waals surface area contributed by atoms with Crippen molar-refractivity contribution in [1.82, 2.24) is 36.2 Å². The van der Waals surface area contributed by atoms with E-state index in [4.69, 9.17) is 44.4 Å². The number of benzene rings is 6. The van der Waals surface area contributed by atoms with E-state index in [1.165, 1.54) is 38.1 Å². The number of nitro benzene ring substituents is 2. The van der Waals surface area contributed by atoms with Crippen LogP contribution < -0.4 is 36.5 Å². The van der Waals surface area contributed by atoms with E-state index in [9.17, 15) is 58.6 Å². The second-order valence-corrected chi connectivity index (χ2v) is 25.2. The van der Waals surface area contributed by atoms with E-state index in [1.54, 1.807) is 76.6 Å². The highest BCUT2D eigenvalue weighted by Gasteiger charge is 2.33. The molecule has 6 aromatic carbocycles. The third kappa shape index (κ3) is 18.3. The number of allylic oxidation sites excluding steroid dienone is 3. The van der Waals surface area contributed by atoms with Gasteiger partial charge >= 0.3 is 30.0 Å². The molecule has 27 nitrogen and oxygen atoms in total. The molecular weight excluding hydrogens is 1370 g/mol. The van der Waals surface area contributed by atoms with Crippen LogP contribution in [-0.4, -0.2) is 118 Å². The van der Waals surface area contributed by atoms with Crippen LogP contribution in [0.3, 0.4) is 0 Å². The average molecular weight is 1450 g/mol. The number of hydrogen-bond acceptors (Lipinski definition) is 20. The first-order chi connectivity index (χ1) is 51.5. The Balaban J connectivity index is 0.000000172. The molecule has 0 aliphatic heterocycles. The third-order valence-electron chi connectivity index (χ3n) is 17.8. The Bertz CT molecular complexity index is 5130. The van der Waals surface area contributed by atoms with E-state index in [-0.39, 0.29) is 17.3 Å². The quantitative estimate of drug-likeness (QED) is 0.0217. The van der Waals surface area contributed by atoms with Crippen LogP contribution in [0.2, 0.25) is 0 Å². The molecule has 107 heavy (non-hydrogen) atoms. The van der Waals surface area contributed by atoms with Crippen LogP contribution in [0.15, 0.2) is 140 Å². The number of imide groups is 2. The van der Waals surface area contributed by atoms with Crippen molar-refractivity contribution in [3.63, 3.8) is 0 Å². The van der Waals surface area contributed by atoms with E-state index in [1.807, 2.05) is 97.2 Å². The van der Waals surface area contributed by atoms with Gasteiger partial charge in [-0.25, -0.2) is 38.9 Å². The summed E-state index contributed by atoms with van der Waals surface area (Å²) in [6, 6.07) is 38.5. The lowest BCUT2D eigenvalue weighted by Crippen LogP contribution is -2.44. The van der Waals surface area contributed by atoms with Gasteiger partial charge in [0.2, 0.25) is 0 Å². The number of rotatable bonds is 19. The number of esters is 3. The number of aromatic nitrogens is 3. The van der Waals surface area contributed by atoms with E-state index < -0.39 is 69.9 Å². The normalized spacial score (nSPS) is 14.6. The first kappa shape index (κ1) is 76.6. The van der Waals surface area contributed by atoms with Crippen LogP contribution in [-0.2, 0) is 47.9 Å². The van der Waals surface area contributed by atoms with Crippen molar-refractivity contribution in [3.8, 4) is 11.5 Å². The Morgan fingerprint density at radius 3 is 1.29 bits per heavy atom. The van der Waals surface area contributed by atoms with Gasteiger partial charge in [-0.2, -0.15) is 0 Å². The summed E-state index contributed by atoms with van der Waals surface area (Å²) in [5.41, 5.74) is 17.2. The van der Waals surface area contributed by atoms with Crippen molar-refractivity contribution in [2.24, 2.45) is 5.73 Å². The number of nitro groups is 2. The van der Waals surface area contributed by atoms with Gasteiger partial charge in [0.15, 0.2) is 29.8 Å². The predicted molar refractivity (Wildman–Crippen MR) is 402 cm³/mol. The Kier molecular flexibility index (Phi) is 25.0. The number of primary amides is 1. The molecule has 27 heteroatoms. The average Bonchev–Trinajstić information content (AvgIpc) is 1.75. The first-order valence-electron chi connectivity index (χ1n) is 34.7. The zero-order valence-electron chi connectivity index (χ0n) is 59.8. The lowest BCUT2D eigenvalue weighted by atomic mass is 9.86. The summed E-state index contributed by atoms with van der Waals surface area (Å²) in [6.07, 6.45) is 8.59. The van der Waals surface area contributed by atoms with Crippen LogP contribution in [0.4, 0.5) is 21.0 Å². The van der Waals surface area contributed by atoms with Gasteiger partial charge in [0, 0.05) is 53.5 Å². The Morgan fingerprint density at radius 2 is 0.879 bits per heavy atom. The van der Waals surface area contributed by atoms with Crippen LogP contribution in [0.1, 0.15) is 155 Å². The molecule has 3 aliphatic rings. The first-order valence-corrected chi connectivity index (χ1v) is 34.7. The molecule has 0 fully saturated rings. The Labute approximate surface area is 614 Å². The third-order valence-corrected chi connectivity index (χ3v) is 17.8. The lowest BCUT2D eigenvalue weighted by molar-refractivity contribution is -0.385. The number of non-ortho nitro benzene ring substituents is 2. The highest BCUT2D eigenvalue weighted by molar-refractivity contribution is 6.11. The van der Waals surface area contributed by atoms with Crippen LogP contribution in [0.5, 0.6) is 11.5 Å². The van der Waals surface area contributed by atoms with E-state index in [0.29, 0.717) is 134 Å². The molecule has 550 valence electrons. The van der Waals surface area contributed by atoms with Crippen LogP contribution in [0, 0.1) is 20.2 Å². The number of ether oxygens (including phenoxy) is 5. The topological polar surface area (TPSA) is 382 Å². The Morgan fingerprint density at radius 1 is 0.477 bits per heavy atom. The van der Waals surface area contributed by atoms with Crippen LogP contribution in [0.25, 0.3) is 67.7 Å². The summed E-state index contributed by atoms with van der Waals surface area (Å²) in [5, 5.41) is 33.6. The van der Waals surface area contributed by atoms with E-state index in [0.717, 1.165) is 64.8 Å². The molecule has 7 amide bonds. The number of carbonyl (C=O) groups is 8. The van der Waals surface area contributed by atoms with Crippen molar-refractivity contribution in [2.45, 2.75) is 111 Å². The Hall–Kier alpha value is -13.1. The highest BCUT2D eigenvalue weighted by Crippen LogP contribution is 2.42. The van der Waals surface area contributed by atoms with Gasteiger partial charge in [0.05, 0.1) is 74.4 Å². The molecule has 0 radical (unpaired) electrons. The fourth-order valence-corrected chi connectivity index (χ4v) is 12.8. The molecule has 9 aromatic rings. The smallest absolute Gasteiger partial charge is 0.339 e. The summed E-state index contributed by atoms with van der Waals surface area (Å²) in [6.45, 7) is 8.90. The van der Waals surface area contributed by atoms with Crippen molar-refractivity contribution in [2.75, 3.05) is 27.3 Å². The second kappa shape index (κ2) is 34.9. The number of hydrogen-bond donors (Lipinski definition) is 5. The molecule has 0 saturated heterocycles. The molecule has 0 bridgehead atoms. The number of fused-ring (bicyclic) bond motifs is 6. The molecule has 6 N–H and O–H groups in total. The fraction of sp³-hybridized carbons (Fsp3) is 0.263. The monoisotopic (exact) mass is 1450 g/mol. The van der Waals surface area contributed by atoms with Gasteiger partial charge in [0.1, 0.15) is 0 Å². The summed E-state index contributed by atoms with van der Waals surface area (Å²) in [5.74, 6) is -2.53. The predicted octanol–water partition coefficient (Wildman–Crippen LogP) is 13.0. The highest BCUT2D eigenvalue weighted by atomic mass is 16.6. The van der Waals surface area contributed by atoms with Gasteiger partial charge in [-0.05, 0) is 184 Å². The standard InChI is InChI=1S/C28H29N3O6.C27H27N3O5.C25H22N4O6/c1-5-29-28(34)31-26(32)16(2)37-27(33)24-19-8-6-7-9-21(19)30-25-18(11-12-20(24)25)14-17-10-13-22(35-3)23(15-17)36-4;1-3-14-28-26(31)17(2)35-27(32)24-21-11-4-5-13-23(21)29-25-19(9-7-12-22(24)25)15-18-8-6-10-20(16-18)30(33)34;1-14(23(30)28-25(26)32)35-24(31)21-18-9-2-3-11-20(18)27-22-16(7-5-10-19(21)22)12-15-6-4-8-17(13-15)29(33)34/h6-10,13-16H,5,11-12H2,1-4H3,(H2,29,31,32,34);4-6,8,10-11,13,15-17H,3,7,9,12,14H2,1-2H3,(H,28,31);2-4,6,8-9,11-14H,5,7,10H2,1H3,(H3,26,28,30,32)/b18-14+;19-15+;16-12+. The van der Waals surface area contributed by atoms with Crippen molar-refractivity contribution < 1.29 is 71.9 Å². The number of carbonyl (C=O) groups excluding carboxylic acids is 8. The number of para-hydroxylation sites is 3. The van der Waals surface area contributed by atoms with Gasteiger partial charge in [-0.15, -0.1) is 0 Å². The molecule has 3 aromatic heterocycles. The van der Waals surface area contributed by atoms with Crippen molar-refractivity contribution in [3.05, 3.63) is 227 Å². The van der Waals surface area contributed by atoms with Crippen molar-refractivity contribution in [1.29, 1.82) is 0 Å². The van der Waals surface area contributed by atoms with Gasteiger partial charge in [0.25, 0.3) is 29.1 Å². The van der Waals surface area contributed by atoms with Crippen molar-refractivity contribution >= 4 is 127 Å². The molecule has 3 unspecified atom stereocenters. The fourth-order valence-electron chi connectivity index (χ4n) is 12.8. The molecule has 3 aliphatic carbocycles. The molecule has 0 spiro atoms. The molecule has 3 heterocycles. The number of nitrogens with one attached hydrogen (secondary N) is 4. The maximum atomic E-state index is 13.4. The van der Waals surface area contributed by atoms with Gasteiger partial charge in [-0.3, -0.25) is 45.2 Å². The van der Waals surface area contributed by atoms with E-state index in [2.05, 4.69) is 16.0 Å². The summed E-state index contributed by atoms with van der Waals surface area (Å²) in [7, 11) is 3.17. The van der Waals surface area contributed by atoms with E-state index >= 15 is 0 Å². The SMILES string of the molecule is CC(OC(=O)c1c2c(nc3ccccc13)/C(=C/c1cccc([N+](=O)[O-])c1)CCC2)C(=O)NC(N)=O.CCCNC(=O)C(C)OC(=O)c1c2c(nc3ccccc13)/C(=C/c1cccc([N+](=O)[O-])c1)CCC2.CCNC(=O)NC(=O)C(C)OC(=O)c1c2c(nc3ccccc13)/C(=C/c1ccc(OC)c(OC)c1)CC2. The minimum Gasteiger partial charge on any atom is -0.493 e. The van der Waals surface area contributed by atoms with Crippen LogP contribution >= 0.6 is 0 Å². The minimum atomic E-state index is -1.25. The summed E-state index contributed by atoms with van der Waals surface area (Å²) >= 11 is 0. The minimum absolute atomic E-state index is 0.0152. The van der Waals surface area contributed by atoms with Gasteiger partial charge in [-0.1, -0.05) is 91.9 Å². The maximum Gasteiger partial charge on any atom is 0.339 e. The molecule has 3 atom stereocenters. The largest absolute Gasteiger partial charge is 0.493 e. The zero-order valence-corrected chi connectivity index (χ0v) is 59.8. The number of nitrogens with two attached hydrogens (primary N) is 1. The number of urea groups is 2. The lowest BCUT2D eigenvalue weighted by Gasteiger charge is -2.23. The summed E-state index contributed by atoms with van der Waals surface area (Å²) < 4.78 is 27.2. The zero-order chi connectivity index (χ0) is 76.6. The maximum absolute atomic E-state index is 13.4. The van der Waals surface area contributed by atoms with Gasteiger partial charge < -0.3 is 40.1 Å².